The second-order valence-corrected chi connectivity index (χ2v) is 9.38. The Morgan fingerprint density at radius 1 is 1.19 bits per heavy atom. The fourth-order valence-corrected chi connectivity index (χ4v) is 4.62. The van der Waals surface area contributed by atoms with Crippen molar-refractivity contribution in [3.8, 4) is 5.75 Å². The molecule has 0 aliphatic carbocycles. The van der Waals surface area contributed by atoms with Gasteiger partial charge in [-0.05, 0) is 61.0 Å². The molecule has 0 unspecified atom stereocenters. The fraction of sp³-hybridized carbons (Fsp3) is 0.143. The average molecular weight is 455 g/mol. The number of hydrogen-bond donors (Lipinski definition) is 1. The van der Waals surface area contributed by atoms with Crippen molar-refractivity contribution in [3.63, 3.8) is 0 Å². The molecule has 2 aromatic carbocycles. The second-order valence-electron chi connectivity index (χ2n) is 6.79. The zero-order valence-electron chi connectivity index (χ0n) is 16.7. The number of nitrogens with one attached hydrogen (secondary N) is 1. The van der Waals surface area contributed by atoms with Crippen molar-refractivity contribution >= 4 is 49.9 Å². The van der Waals surface area contributed by atoms with Gasteiger partial charge in [0.1, 0.15) is 15.7 Å². The number of aliphatic imine (C=N–C) groups is 1. The highest BCUT2D eigenvalue weighted by atomic mass is 32.2. The number of thioether (sulfide) groups is 1. The zero-order valence-corrected chi connectivity index (χ0v) is 18.3. The van der Waals surface area contributed by atoms with E-state index in [4.69, 9.17) is 9.59 Å². The number of hydrazone groups is 1. The van der Waals surface area contributed by atoms with Gasteiger partial charge in [0.05, 0.1) is 5.57 Å². The Hall–Kier alpha value is -3.24. The summed E-state index contributed by atoms with van der Waals surface area (Å²) in [5.74, 6) is -0.531. The lowest BCUT2D eigenvalue weighted by Gasteiger charge is -2.20. The van der Waals surface area contributed by atoms with Gasteiger partial charge < -0.3 is 4.18 Å². The number of benzene rings is 2. The van der Waals surface area contributed by atoms with Crippen molar-refractivity contribution in [1.82, 2.24) is 5.01 Å². The van der Waals surface area contributed by atoms with Crippen molar-refractivity contribution in [2.24, 2.45) is 10.1 Å². The molecule has 31 heavy (non-hydrogen) atoms. The maximum absolute atomic E-state index is 12.5. The van der Waals surface area contributed by atoms with E-state index in [1.165, 1.54) is 47.1 Å². The van der Waals surface area contributed by atoms with E-state index in [1.807, 2.05) is 13.8 Å². The van der Waals surface area contributed by atoms with E-state index < -0.39 is 16.0 Å². The lowest BCUT2D eigenvalue weighted by molar-refractivity contribution is -0.114. The number of aryl methyl sites for hydroxylation is 1. The average Bonchev–Trinajstić information content (AvgIpc) is 3.15. The predicted octanol–water partition coefficient (Wildman–Crippen LogP) is 3.79. The third-order valence-electron chi connectivity index (χ3n) is 4.48. The van der Waals surface area contributed by atoms with Crippen molar-refractivity contribution < 1.29 is 17.4 Å². The molecule has 0 bridgehead atoms. The molecular formula is C21H18N4O4S2. The Bertz CT molecular complexity index is 1280. The number of fused-ring (bicyclic) bond motifs is 1. The number of hydrogen-bond acceptors (Lipinski definition) is 7. The normalized spacial score (nSPS) is 17.5. The topological polar surface area (TPSA) is 112 Å². The van der Waals surface area contributed by atoms with Crippen LogP contribution >= 0.6 is 11.8 Å². The summed E-state index contributed by atoms with van der Waals surface area (Å²) in [6, 6.07) is 12.6. The monoisotopic (exact) mass is 454 g/mol. The lowest BCUT2D eigenvalue weighted by Crippen LogP contribution is -2.35. The number of carbonyl (C=O) groups excluding carboxylic acids is 1. The summed E-state index contributed by atoms with van der Waals surface area (Å²) in [6.45, 7) is 3.80. The van der Waals surface area contributed by atoms with E-state index in [1.54, 1.807) is 24.3 Å². The van der Waals surface area contributed by atoms with Crippen LogP contribution in [0.3, 0.4) is 0 Å². The van der Waals surface area contributed by atoms with Gasteiger partial charge >= 0.3 is 10.1 Å². The molecule has 10 heteroatoms. The first-order chi connectivity index (χ1) is 14.8. The summed E-state index contributed by atoms with van der Waals surface area (Å²) in [5.41, 5.74) is 1.49. The SMILES string of the molecule is CCC1=NN2C(=N)/C(=C/c3cccc(OS(=O)(=O)c4ccc(C)cc4)c3)C(=O)N=C2S1. The van der Waals surface area contributed by atoms with Crippen LogP contribution in [0.25, 0.3) is 6.08 Å². The van der Waals surface area contributed by atoms with E-state index in [2.05, 4.69) is 10.1 Å². The summed E-state index contributed by atoms with van der Waals surface area (Å²) in [7, 11) is -4.00. The molecule has 158 valence electrons. The van der Waals surface area contributed by atoms with E-state index in [0.29, 0.717) is 17.2 Å². The van der Waals surface area contributed by atoms with Gasteiger partial charge in [-0.1, -0.05) is 36.8 Å². The smallest absolute Gasteiger partial charge is 0.339 e. The van der Waals surface area contributed by atoms with Crippen LogP contribution in [0, 0.1) is 12.3 Å². The first-order valence-electron chi connectivity index (χ1n) is 9.37. The molecule has 0 atom stereocenters. The van der Waals surface area contributed by atoms with Crippen LogP contribution in [-0.4, -0.2) is 35.4 Å². The van der Waals surface area contributed by atoms with Crippen LogP contribution in [0.5, 0.6) is 5.75 Å². The third kappa shape index (κ3) is 4.30. The van der Waals surface area contributed by atoms with Gasteiger partial charge in [-0.15, -0.1) is 0 Å². The second kappa shape index (κ2) is 8.12. The van der Waals surface area contributed by atoms with Crippen LogP contribution in [0.15, 0.2) is 69.1 Å². The molecule has 0 saturated heterocycles. The molecular weight excluding hydrogens is 436 g/mol. The lowest BCUT2D eigenvalue weighted by atomic mass is 10.1. The minimum Gasteiger partial charge on any atom is -0.379 e. The molecule has 1 amide bonds. The maximum atomic E-state index is 12.5. The predicted molar refractivity (Wildman–Crippen MR) is 121 cm³/mol. The highest BCUT2D eigenvalue weighted by Gasteiger charge is 2.35. The molecule has 2 aliphatic rings. The molecule has 2 aliphatic heterocycles. The molecule has 4 rings (SSSR count). The Labute approximate surface area is 184 Å². The Morgan fingerprint density at radius 3 is 2.65 bits per heavy atom. The largest absolute Gasteiger partial charge is 0.379 e. The van der Waals surface area contributed by atoms with Crippen LogP contribution in [0.1, 0.15) is 24.5 Å². The Balaban J connectivity index is 1.61. The first-order valence-corrected chi connectivity index (χ1v) is 11.6. The van der Waals surface area contributed by atoms with Crippen molar-refractivity contribution in [2.75, 3.05) is 0 Å². The molecule has 0 aromatic heterocycles. The number of nitrogens with zero attached hydrogens (tertiary/aromatic N) is 3. The van der Waals surface area contributed by atoms with Crippen molar-refractivity contribution in [3.05, 3.63) is 65.2 Å². The van der Waals surface area contributed by atoms with Crippen LogP contribution in [-0.2, 0) is 14.9 Å². The quantitative estimate of drug-likeness (QED) is 0.543. The highest BCUT2D eigenvalue weighted by Crippen LogP contribution is 2.29. The van der Waals surface area contributed by atoms with E-state index in [0.717, 1.165) is 10.6 Å². The Morgan fingerprint density at radius 2 is 1.94 bits per heavy atom. The van der Waals surface area contributed by atoms with E-state index in [9.17, 15) is 13.2 Å². The molecule has 8 nitrogen and oxygen atoms in total. The summed E-state index contributed by atoms with van der Waals surface area (Å²) in [6.07, 6.45) is 2.15. The first kappa shape index (κ1) is 21.0. The van der Waals surface area contributed by atoms with Gasteiger partial charge in [-0.2, -0.15) is 23.5 Å². The standard InChI is InChI=1S/C21H18N4O4S2/c1-3-18-24-25-19(22)17(20(26)23-21(25)30-18)12-14-5-4-6-15(11-14)29-31(27,28)16-9-7-13(2)8-10-16/h4-12,22H,3H2,1-2H3/b17-12-,22-19?. The highest BCUT2D eigenvalue weighted by molar-refractivity contribution is 8.26. The van der Waals surface area contributed by atoms with Gasteiger partial charge in [0, 0.05) is 0 Å². The van der Waals surface area contributed by atoms with Gasteiger partial charge in [-0.3, -0.25) is 10.2 Å². The van der Waals surface area contributed by atoms with E-state index in [-0.39, 0.29) is 22.1 Å². The number of rotatable bonds is 5. The van der Waals surface area contributed by atoms with Gasteiger partial charge in [0.15, 0.2) is 5.84 Å². The summed E-state index contributed by atoms with van der Waals surface area (Å²) < 4.78 is 30.3. The molecule has 0 spiro atoms. The van der Waals surface area contributed by atoms with E-state index >= 15 is 0 Å². The molecule has 2 heterocycles. The number of amides is 1. The number of amidine groups is 2. The maximum Gasteiger partial charge on any atom is 0.339 e. The molecule has 0 saturated carbocycles. The molecule has 0 radical (unpaired) electrons. The Kier molecular flexibility index (Phi) is 5.50. The molecule has 1 N–H and O–H groups in total. The van der Waals surface area contributed by atoms with Gasteiger partial charge in [-0.25, -0.2) is 0 Å². The van der Waals surface area contributed by atoms with Crippen LogP contribution < -0.4 is 4.18 Å². The number of carbonyl (C=O) groups is 1. The van der Waals surface area contributed by atoms with Crippen molar-refractivity contribution in [1.29, 1.82) is 5.41 Å². The van der Waals surface area contributed by atoms with Crippen LogP contribution in [0.2, 0.25) is 0 Å². The summed E-state index contributed by atoms with van der Waals surface area (Å²) >= 11 is 1.27. The minimum absolute atomic E-state index is 0.0454. The van der Waals surface area contributed by atoms with Gasteiger partial charge in [0.2, 0.25) is 5.17 Å². The van der Waals surface area contributed by atoms with Crippen molar-refractivity contribution in [2.45, 2.75) is 25.2 Å². The van der Waals surface area contributed by atoms with Crippen LogP contribution in [0.4, 0.5) is 0 Å². The zero-order chi connectivity index (χ0) is 22.2. The third-order valence-corrected chi connectivity index (χ3v) is 6.80. The molecule has 2 aromatic rings. The minimum atomic E-state index is -4.00. The summed E-state index contributed by atoms with van der Waals surface area (Å²) in [5, 5.41) is 15.1. The summed E-state index contributed by atoms with van der Waals surface area (Å²) in [4.78, 5) is 16.5. The van der Waals surface area contributed by atoms with Gasteiger partial charge in [0.25, 0.3) is 5.91 Å². The molecule has 0 fully saturated rings. The fourth-order valence-electron chi connectivity index (χ4n) is 2.88.